The van der Waals surface area contributed by atoms with Gasteiger partial charge in [-0.05, 0) is 48.9 Å². The van der Waals surface area contributed by atoms with Crippen molar-refractivity contribution in [1.29, 1.82) is 0 Å². The molecular weight excluding hydrogens is 387 g/mol. The van der Waals surface area contributed by atoms with E-state index in [9.17, 15) is 9.18 Å². The Morgan fingerprint density at radius 3 is 2.63 bits per heavy atom. The molecule has 0 bridgehead atoms. The molecule has 2 N–H and O–H groups in total. The van der Waals surface area contributed by atoms with Crippen molar-refractivity contribution in [3.63, 3.8) is 0 Å². The van der Waals surface area contributed by atoms with Gasteiger partial charge in [0.25, 0.3) is 5.91 Å². The van der Waals surface area contributed by atoms with Gasteiger partial charge in [-0.15, -0.1) is 0 Å². The summed E-state index contributed by atoms with van der Waals surface area (Å²) in [6.45, 7) is 6.40. The van der Waals surface area contributed by atoms with E-state index in [-0.39, 0.29) is 5.91 Å². The smallest absolute Gasteiger partial charge is 0.257 e. The Bertz CT molecular complexity index is 880. The van der Waals surface area contributed by atoms with Crippen LogP contribution in [0.4, 0.5) is 10.1 Å². The van der Waals surface area contributed by atoms with E-state index in [2.05, 4.69) is 20.5 Å². The number of carbonyl (C=O) groups is 1. The van der Waals surface area contributed by atoms with Gasteiger partial charge in [-0.3, -0.25) is 20.0 Å². The number of rotatable bonds is 6. The molecule has 7 nitrogen and oxygen atoms in total. The van der Waals surface area contributed by atoms with Gasteiger partial charge in [0, 0.05) is 25.2 Å². The Kier molecular flexibility index (Phi) is 7.75. The van der Waals surface area contributed by atoms with Crippen molar-refractivity contribution >= 4 is 17.6 Å². The van der Waals surface area contributed by atoms with Crippen LogP contribution in [0.2, 0.25) is 0 Å². The summed E-state index contributed by atoms with van der Waals surface area (Å²) in [6, 6.07) is 11.1. The van der Waals surface area contributed by atoms with Crippen LogP contribution in [0.5, 0.6) is 5.75 Å². The summed E-state index contributed by atoms with van der Waals surface area (Å²) in [4.78, 5) is 19.5. The number of nitrogens with zero attached hydrogens (tertiary/aromatic N) is 2. The number of hydrogen-bond acceptors (Lipinski definition) is 5. The van der Waals surface area contributed by atoms with E-state index >= 15 is 0 Å². The molecule has 2 aromatic carbocycles. The van der Waals surface area contributed by atoms with E-state index in [1.54, 1.807) is 7.11 Å². The predicted octanol–water partition coefficient (Wildman–Crippen LogP) is 2.67. The van der Waals surface area contributed by atoms with Crippen LogP contribution in [0.3, 0.4) is 0 Å². The first kappa shape index (κ1) is 21.7. The summed E-state index contributed by atoms with van der Waals surface area (Å²) < 4.78 is 23.9. The zero-order chi connectivity index (χ0) is 21.3. The lowest BCUT2D eigenvalue weighted by Crippen LogP contribution is -2.39. The maximum absolute atomic E-state index is 13.2. The lowest BCUT2D eigenvalue weighted by atomic mass is 10.2. The molecule has 0 spiro atoms. The second-order valence-corrected chi connectivity index (χ2v) is 6.97. The third kappa shape index (κ3) is 6.27. The van der Waals surface area contributed by atoms with Gasteiger partial charge in [-0.2, -0.15) is 0 Å². The van der Waals surface area contributed by atoms with E-state index in [0.717, 1.165) is 38.4 Å². The number of anilines is 1. The minimum atomic E-state index is -0.395. The number of amides is 1. The molecule has 1 heterocycles. The van der Waals surface area contributed by atoms with Crippen molar-refractivity contribution in [3.8, 4) is 5.75 Å². The molecule has 30 heavy (non-hydrogen) atoms. The lowest BCUT2D eigenvalue weighted by molar-refractivity contribution is 0.0394. The summed E-state index contributed by atoms with van der Waals surface area (Å²) in [7, 11) is 1.59. The van der Waals surface area contributed by atoms with Gasteiger partial charge in [0.1, 0.15) is 11.6 Å². The summed E-state index contributed by atoms with van der Waals surface area (Å²) in [5.41, 5.74) is 2.08. The third-order valence-electron chi connectivity index (χ3n) is 4.74. The predicted molar refractivity (Wildman–Crippen MR) is 115 cm³/mol. The molecule has 0 aromatic heterocycles. The molecule has 0 atom stereocenters. The monoisotopic (exact) mass is 414 g/mol. The van der Waals surface area contributed by atoms with Crippen LogP contribution >= 0.6 is 0 Å². The molecule has 3 rings (SSSR count). The summed E-state index contributed by atoms with van der Waals surface area (Å²) in [6.07, 6.45) is 0. The highest BCUT2D eigenvalue weighted by molar-refractivity contribution is 6.10. The molecule has 2 aromatic rings. The van der Waals surface area contributed by atoms with Crippen molar-refractivity contribution in [2.75, 3.05) is 51.8 Å². The van der Waals surface area contributed by atoms with E-state index in [4.69, 9.17) is 9.47 Å². The van der Waals surface area contributed by atoms with Crippen LogP contribution in [0.1, 0.15) is 15.9 Å². The van der Waals surface area contributed by atoms with Crippen molar-refractivity contribution < 1.29 is 18.7 Å². The zero-order valence-corrected chi connectivity index (χ0v) is 17.3. The van der Waals surface area contributed by atoms with Crippen LogP contribution in [0.15, 0.2) is 47.5 Å². The van der Waals surface area contributed by atoms with Gasteiger partial charge < -0.3 is 14.8 Å². The number of morpholine rings is 1. The molecule has 160 valence electrons. The molecule has 0 aliphatic carbocycles. The van der Waals surface area contributed by atoms with Gasteiger partial charge in [0.05, 0.1) is 32.6 Å². The highest BCUT2D eigenvalue weighted by Gasteiger charge is 2.13. The highest BCUT2D eigenvalue weighted by Crippen LogP contribution is 2.25. The van der Waals surface area contributed by atoms with Gasteiger partial charge >= 0.3 is 0 Å². The largest absolute Gasteiger partial charge is 0.495 e. The number of hydrogen-bond donors (Lipinski definition) is 2. The van der Waals surface area contributed by atoms with E-state index in [0.29, 0.717) is 29.5 Å². The molecular formula is C22H27FN4O3. The maximum Gasteiger partial charge on any atom is 0.257 e. The van der Waals surface area contributed by atoms with Gasteiger partial charge in [0.2, 0.25) is 5.96 Å². The standard InChI is InChI=1S/C22H27FN4O3/c1-16-3-8-20(29-2)19(15-16)25-22(24-9-10-27-11-13-30-14-12-27)26-21(28)17-4-6-18(23)7-5-17/h3-8,15H,9-14H2,1-2H3,(H2,24,25,26,28). The number of halogens is 1. The Labute approximate surface area is 175 Å². The molecule has 1 aliphatic rings. The number of benzene rings is 2. The fourth-order valence-electron chi connectivity index (χ4n) is 3.07. The highest BCUT2D eigenvalue weighted by atomic mass is 19.1. The van der Waals surface area contributed by atoms with Gasteiger partial charge in [0.15, 0.2) is 0 Å². The van der Waals surface area contributed by atoms with Crippen LogP contribution in [-0.4, -0.2) is 63.3 Å². The SMILES string of the molecule is COc1ccc(C)cc1NC(=NCCN1CCOCC1)NC(=O)c1ccc(F)cc1. The third-order valence-corrected chi connectivity index (χ3v) is 4.74. The number of guanidine groups is 1. The first-order valence-corrected chi connectivity index (χ1v) is 9.88. The fraction of sp³-hybridized carbons (Fsp3) is 0.364. The minimum Gasteiger partial charge on any atom is -0.495 e. The van der Waals surface area contributed by atoms with E-state index in [1.165, 1.54) is 24.3 Å². The van der Waals surface area contributed by atoms with Crippen molar-refractivity contribution in [1.82, 2.24) is 10.2 Å². The molecule has 0 radical (unpaired) electrons. The number of aliphatic imine (C=N–C) groups is 1. The maximum atomic E-state index is 13.2. The minimum absolute atomic E-state index is 0.307. The molecule has 0 unspecified atom stereocenters. The second-order valence-electron chi connectivity index (χ2n) is 6.97. The van der Waals surface area contributed by atoms with Crippen molar-refractivity contribution in [3.05, 3.63) is 59.4 Å². The lowest BCUT2D eigenvalue weighted by Gasteiger charge is -2.25. The average Bonchev–Trinajstić information content (AvgIpc) is 2.75. The molecule has 1 fully saturated rings. The Balaban J connectivity index is 1.74. The Morgan fingerprint density at radius 1 is 1.20 bits per heavy atom. The number of ether oxygens (including phenoxy) is 2. The van der Waals surface area contributed by atoms with E-state index < -0.39 is 5.82 Å². The van der Waals surface area contributed by atoms with Crippen LogP contribution in [0.25, 0.3) is 0 Å². The average molecular weight is 414 g/mol. The van der Waals surface area contributed by atoms with Crippen LogP contribution in [-0.2, 0) is 4.74 Å². The topological polar surface area (TPSA) is 75.2 Å². The summed E-state index contributed by atoms with van der Waals surface area (Å²) in [5, 5.41) is 5.95. The normalized spacial score (nSPS) is 15.0. The summed E-state index contributed by atoms with van der Waals surface area (Å²) >= 11 is 0. The van der Waals surface area contributed by atoms with Gasteiger partial charge in [-0.1, -0.05) is 6.07 Å². The summed E-state index contributed by atoms with van der Waals surface area (Å²) in [5.74, 6) is 0.173. The molecule has 1 aliphatic heterocycles. The molecule has 8 heteroatoms. The number of aryl methyl sites for hydroxylation is 1. The molecule has 0 saturated carbocycles. The Morgan fingerprint density at radius 2 is 1.93 bits per heavy atom. The first-order valence-electron chi connectivity index (χ1n) is 9.88. The van der Waals surface area contributed by atoms with Crippen LogP contribution < -0.4 is 15.4 Å². The second kappa shape index (κ2) is 10.7. The first-order chi connectivity index (χ1) is 14.5. The Hall–Kier alpha value is -2.97. The fourth-order valence-corrected chi connectivity index (χ4v) is 3.07. The number of methoxy groups -OCH3 is 1. The van der Waals surface area contributed by atoms with Crippen molar-refractivity contribution in [2.45, 2.75) is 6.92 Å². The molecule has 1 saturated heterocycles. The quantitative estimate of drug-likeness (QED) is 0.562. The zero-order valence-electron chi connectivity index (χ0n) is 17.3. The number of nitrogens with one attached hydrogen (secondary N) is 2. The number of carbonyl (C=O) groups excluding carboxylic acids is 1. The van der Waals surface area contributed by atoms with Crippen molar-refractivity contribution in [2.24, 2.45) is 4.99 Å². The van der Waals surface area contributed by atoms with Crippen LogP contribution in [0, 0.1) is 12.7 Å². The van der Waals surface area contributed by atoms with Gasteiger partial charge in [-0.25, -0.2) is 4.39 Å². The van der Waals surface area contributed by atoms with E-state index in [1.807, 2.05) is 25.1 Å². The molecule has 1 amide bonds.